The maximum absolute atomic E-state index is 12.1. The normalized spacial score (nSPS) is 18.8. The summed E-state index contributed by atoms with van der Waals surface area (Å²) in [5, 5.41) is 4.50. The lowest BCUT2D eigenvalue weighted by atomic mass is 10.2. The molecule has 108 valence electrons. The van der Waals surface area contributed by atoms with Gasteiger partial charge in [-0.2, -0.15) is 0 Å². The molecule has 1 unspecified atom stereocenters. The Bertz CT molecular complexity index is 642. The van der Waals surface area contributed by atoms with Crippen LogP contribution in [0.1, 0.15) is 12.0 Å². The minimum absolute atomic E-state index is 0.0645. The Kier molecular flexibility index (Phi) is 4.05. The van der Waals surface area contributed by atoms with Crippen LogP contribution < -0.4 is 15.4 Å². The first-order chi connectivity index (χ1) is 9.40. The molecular weight excluding hydrogens is 282 g/mol. The van der Waals surface area contributed by atoms with Crippen molar-refractivity contribution in [3.8, 4) is 0 Å². The van der Waals surface area contributed by atoms with Gasteiger partial charge < -0.3 is 5.32 Å². The standard InChI is InChI=1S/C12H15N3O4S/c1-8-4-2-3-5-10(8)20(18,19)13-7-6-9-11(16)15-12(17)14-9/h2-5,9,13H,6-7H2,1H3,(H2,14,15,16,17). The van der Waals surface area contributed by atoms with E-state index in [0.29, 0.717) is 5.56 Å². The fourth-order valence-corrected chi connectivity index (χ4v) is 3.23. The predicted molar refractivity (Wildman–Crippen MR) is 71.4 cm³/mol. The minimum atomic E-state index is -3.61. The molecule has 0 radical (unpaired) electrons. The van der Waals surface area contributed by atoms with E-state index in [0.717, 1.165) is 0 Å². The van der Waals surface area contributed by atoms with Crippen molar-refractivity contribution in [2.24, 2.45) is 0 Å². The van der Waals surface area contributed by atoms with E-state index < -0.39 is 28.0 Å². The van der Waals surface area contributed by atoms with Crippen molar-refractivity contribution in [2.75, 3.05) is 6.54 Å². The molecular formula is C12H15N3O4S. The third-order valence-corrected chi connectivity index (χ3v) is 4.59. The smallest absolute Gasteiger partial charge is 0.322 e. The first-order valence-electron chi connectivity index (χ1n) is 6.07. The minimum Gasteiger partial charge on any atom is -0.326 e. The van der Waals surface area contributed by atoms with Gasteiger partial charge in [-0.05, 0) is 25.0 Å². The van der Waals surface area contributed by atoms with E-state index in [1.54, 1.807) is 25.1 Å². The molecule has 3 N–H and O–H groups in total. The van der Waals surface area contributed by atoms with E-state index in [2.05, 4.69) is 15.4 Å². The third-order valence-electron chi connectivity index (χ3n) is 2.97. The summed E-state index contributed by atoms with van der Waals surface area (Å²) in [7, 11) is -3.61. The second-order valence-corrected chi connectivity index (χ2v) is 6.20. The van der Waals surface area contributed by atoms with E-state index in [4.69, 9.17) is 0 Å². The molecule has 8 heteroatoms. The highest BCUT2D eigenvalue weighted by molar-refractivity contribution is 7.89. The molecule has 3 amide bonds. The topological polar surface area (TPSA) is 104 Å². The predicted octanol–water partition coefficient (Wildman–Crippen LogP) is -0.129. The molecule has 1 aromatic rings. The zero-order valence-corrected chi connectivity index (χ0v) is 11.7. The molecule has 0 aromatic heterocycles. The number of amides is 3. The molecule has 1 aromatic carbocycles. The summed E-state index contributed by atoms with van der Waals surface area (Å²) in [6.07, 6.45) is 0.197. The molecule has 1 fully saturated rings. The number of carbonyl (C=O) groups excluding carboxylic acids is 2. The Balaban J connectivity index is 1.95. The first kappa shape index (κ1) is 14.5. The van der Waals surface area contributed by atoms with Crippen molar-refractivity contribution in [3.63, 3.8) is 0 Å². The molecule has 7 nitrogen and oxygen atoms in total. The van der Waals surface area contributed by atoms with Crippen LogP contribution in [0, 0.1) is 6.92 Å². The molecule has 1 saturated heterocycles. The van der Waals surface area contributed by atoms with Crippen LogP contribution in [-0.2, 0) is 14.8 Å². The molecule has 1 heterocycles. The zero-order valence-electron chi connectivity index (χ0n) is 10.8. The van der Waals surface area contributed by atoms with Gasteiger partial charge in [0.25, 0.3) is 5.91 Å². The Morgan fingerprint density at radius 2 is 1.95 bits per heavy atom. The summed E-state index contributed by atoms with van der Waals surface area (Å²) in [4.78, 5) is 22.4. The summed E-state index contributed by atoms with van der Waals surface area (Å²) < 4.78 is 26.6. The number of rotatable bonds is 5. The summed E-state index contributed by atoms with van der Waals surface area (Å²) in [5.41, 5.74) is 0.645. The fraction of sp³-hybridized carbons (Fsp3) is 0.333. The van der Waals surface area contributed by atoms with Crippen molar-refractivity contribution >= 4 is 22.0 Å². The van der Waals surface area contributed by atoms with E-state index >= 15 is 0 Å². The molecule has 0 spiro atoms. The summed E-state index contributed by atoms with van der Waals surface area (Å²) >= 11 is 0. The van der Waals surface area contributed by atoms with Gasteiger partial charge in [0, 0.05) is 6.54 Å². The number of aryl methyl sites for hydroxylation is 1. The Morgan fingerprint density at radius 3 is 2.55 bits per heavy atom. The monoisotopic (exact) mass is 297 g/mol. The maximum atomic E-state index is 12.1. The van der Waals surface area contributed by atoms with E-state index in [1.165, 1.54) is 6.07 Å². The van der Waals surface area contributed by atoms with Gasteiger partial charge in [-0.15, -0.1) is 0 Å². The van der Waals surface area contributed by atoms with Gasteiger partial charge in [0.15, 0.2) is 0 Å². The SMILES string of the molecule is Cc1ccccc1S(=O)(=O)NCCC1NC(=O)NC1=O. The summed E-state index contributed by atoms with van der Waals surface area (Å²) in [5.74, 6) is -0.440. The average molecular weight is 297 g/mol. The molecule has 0 saturated carbocycles. The lowest BCUT2D eigenvalue weighted by Gasteiger charge is -2.10. The fourth-order valence-electron chi connectivity index (χ4n) is 1.94. The van der Waals surface area contributed by atoms with Crippen LogP contribution in [0.25, 0.3) is 0 Å². The average Bonchev–Trinajstić information content (AvgIpc) is 2.68. The van der Waals surface area contributed by atoms with Crippen LogP contribution in [0.4, 0.5) is 4.79 Å². The first-order valence-corrected chi connectivity index (χ1v) is 7.55. The van der Waals surface area contributed by atoms with Crippen molar-refractivity contribution < 1.29 is 18.0 Å². The molecule has 0 aliphatic carbocycles. The maximum Gasteiger partial charge on any atom is 0.322 e. The number of hydrogen-bond donors (Lipinski definition) is 3. The van der Waals surface area contributed by atoms with Gasteiger partial charge in [0.05, 0.1) is 4.90 Å². The van der Waals surface area contributed by atoms with Crippen LogP contribution >= 0.6 is 0 Å². The Labute approximate surface area is 116 Å². The van der Waals surface area contributed by atoms with Gasteiger partial charge in [0.1, 0.15) is 6.04 Å². The van der Waals surface area contributed by atoms with Crippen LogP contribution in [0.5, 0.6) is 0 Å². The molecule has 1 aliphatic rings. The van der Waals surface area contributed by atoms with E-state index in [9.17, 15) is 18.0 Å². The quantitative estimate of drug-likeness (QED) is 0.659. The van der Waals surface area contributed by atoms with Gasteiger partial charge >= 0.3 is 6.03 Å². The van der Waals surface area contributed by atoms with Crippen molar-refractivity contribution in [2.45, 2.75) is 24.3 Å². The lowest BCUT2D eigenvalue weighted by molar-refractivity contribution is -0.120. The summed E-state index contributed by atoms with van der Waals surface area (Å²) in [6, 6.07) is 5.38. The van der Waals surface area contributed by atoms with Gasteiger partial charge in [-0.1, -0.05) is 18.2 Å². The molecule has 2 rings (SSSR count). The third kappa shape index (κ3) is 3.14. The number of hydrogen-bond acceptors (Lipinski definition) is 4. The number of urea groups is 1. The van der Waals surface area contributed by atoms with Crippen LogP contribution in [0.3, 0.4) is 0 Å². The van der Waals surface area contributed by atoms with E-state index in [-0.39, 0.29) is 17.9 Å². The van der Waals surface area contributed by atoms with Crippen molar-refractivity contribution in [3.05, 3.63) is 29.8 Å². The highest BCUT2D eigenvalue weighted by atomic mass is 32.2. The van der Waals surface area contributed by atoms with E-state index in [1.807, 2.05) is 0 Å². The van der Waals surface area contributed by atoms with Crippen LogP contribution in [0.2, 0.25) is 0 Å². The van der Waals surface area contributed by atoms with Gasteiger partial charge in [0.2, 0.25) is 10.0 Å². The number of nitrogens with one attached hydrogen (secondary N) is 3. The van der Waals surface area contributed by atoms with Crippen molar-refractivity contribution in [1.82, 2.24) is 15.4 Å². The summed E-state index contributed by atoms with van der Waals surface area (Å²) in [6.45, 7) is 1.77. The Hall–Kier alpha value is -1.93. The molecule has 0 bridgehead atoms. The van der Waals surface area contributed by atoms with Crippen LogP contribution in [-0.4, -0.2) is 32.9 Å². The highest BCUT2D eigenvalue weighted by Crippen LogP contribution is 2.13. The zero-order chi connectivity index (χ0) is 14.8. The Morgan fingerprint density at radius 1 is 1.25 bits per heavy atom. The second-order valence-electron chi connectivity index (χ2n) is 4.47. The van der Waals surface area contributed by atoms with Crippen molar-refractivity contribution in [1.29, 1.82) is 0 Å². The van der Waals surface area contributed by atoms with Gasteiger partial charge in [-0.3, -0.25) is 10.1 Å². The number of imide groups is 1. The second kappa shape index (κ2) is 5.59. The number of benzene rings is 1. The lowest BCUT2D eigenvalue weighted by Crippen LogP contribution is -2.34. The van der Waals surface area contributed by atoms with Gasteiger partial charge in [-0.25, -0.2) is 17.9 Å². The number of carbonyl (C=O) groups is 2. The molecule has 20 heavy (non-hydrogen) atoms. The van der Waals surface area contributed by atoms with Crippen LogP contribution in [0.15, 0.2) is 29.2 Å². The molecule has 1 atom stereocenters. The molecule has 1 aliphatic heterocycles. The number of sulfonamides is 1. The highest BCUT2D eigenvalue weighted by Gasteiger charge is 2.29. The largest absolute Gasteiger partial charge is 0.326 e.